The smallest absolute Gasteiger partial charge is 0.0687 e. The Kier molecular flexibility index (Phi) is 4.12. The Labute approximate surface area is 99.1 Å². The van der Waals surface area contributed by atoms with Gasteiger partial charge in [0.05, 0.1) is 11.5 Å². The minimum Gasteiger partial charge on any atom is -0.198 e. The van der Waals surface area contributed by atoms with Gasteiger partial charge in [-0.15, -0.1) is 0 Å². The van der Waals surface area contributed by atoms with Gasteiger partial charge in [0, 0.05) is 0 Å². The van der Waals surface area contributed by atoms with Crippen molar-refractivity contribution in [1.82, 2.24) is 0 Å². The van der Waals surface area contributed by atoms with Gasteiger partial charge in [-0.1, -0.05) is 38.1 Å². The topological polar surface area (TPSA) is 23.8 Å². The molecule has 0 heterocycles. The zero-order chi connectivity index (χ0) is 12.2. The average molecular weight is 215 g/mol. The number of hydrogen-bond acceptors (Lipinski definition) is 1. The Morgan fingerprint density at radius 3 is 2.25 bits per heavy atom. The van der Waals surface area contributed by atoms with E-state index in [-0.39, 0.29) is 5.41 Å². The second kappa shape index (κ2) is 5.16. The summed E-state index contributed by atoms with van der Waals surface area (Å²) in [4.78, 5) is 0. The van der Waals surface area contributed by atoms with Crippen molar-refractivity contribution >= 4 is 0 Å². The minimum atomic E-state index is -0.266. The van der Waals surface area contributed by atoms with E-state index in [1.165, 1.54) is 17.5 Å². The Bertz CT molecular complexity index is 367. The number of nitriles is 1. The lowest BCUT2D eigenvalue weighted by Crippen LogP contribution is -2.11. The summed E-state index contributed by atoms with van der Waals surface area (Å²) >= 11 is 0. The first-order chi connectivity index (χ1) is 7.48. The molecule has 0 N–H and O–H groups in total. The summed E-state index contributed by atoms with van der Waals surface area (Å²) in [6, 6.07) is 11.0. The van der Waals surface area contributed by atoms with Gasteiger partial charge in [-0.05, 0) is 43.7 Å². The molecule has 0 fully saturated rings. The number of rotatable bonds is 4. The minimum absolute atomic E-state index is 0.266. The molecule has 1 rings (SSSR count). The molecule has 0 amide bonds. The van der Waals surface area contributed by atoms with Crippen molar-refractivity contribution in [3.63, 3.8) is 0 Å². The lowest BCUT2D eigenvalue weighted by Gasteiger charge is -2.16. The van der Waals surface area contributed by atoms with Gasteiger partial charge in [0.15, 0.2) is 0 Å². The van der Waals surface area contributed by atoms with Gasteiger partial charge in [-0.25, -0.2) is 0 Å². The normalized spacial score (nSPS) is 13.2. The van der Waals surface area contributed by atoms with E-state index < -0.39 is 0 Å². The van der Waals surface area contributed by atoms with Crippen LogP contribution in [0.5, 0.6) is 0 Å². The molecule has 0 bridgehead atoms. The molecule has 0 aromatic heterocycles. The highest BCUT2D eigenvalue weighted by molar-refractivity contribution is 5.26. The van der Waals surface area contributed by atoms with E-state index in [2.05, 4.69) is 44.2 Å². The van der Waals surface area contributed by atoms with Crippen molar-refractivity contribution in [1.29, 1.82) is 5.26 Å². The second-order valence-electron chi connectivity index (χ2n) is 5.22. The van der Waals surface area contributed by atoms with Crippen LogP contribution in [0.4, 0.5) is 0 Å². The largest absolute Gasteiger partial charge is 0.198 e. The molecule has 1 atom stereocenters. The highest BCUT2D eigenvalue weighted by Crippen LogP contribution is 2.23. The van der Waals surface area contributed by atoms with Crippen LogP contribution in [0.1, 0.15) is 51.2 Å². The van der Waals surface area contributed by atoms with E-state index >= 15 is 0 Å². The fourth-order valence-corrected chi connectivity index (χ4v) is 1.75. The predicted molar refractivity (Wildman–Crippen MR) is 68.2 cm³/mol. The zero-order valence-corrected chi connectivity index (χ0v) is 10.7. The quantitative estimate of drug-likeness (QED) is 0.735. The van der Waals surface area contributed by atoms with E-state index in [0.29, 0.717) is 5.92 Å². The van der Waals surface area contributed by atoms with Crippen LogP contribution in [-0.4, -0.2) is 0 Å². The summed E-state index contributed by atoms with van der Waals surface area (Å²) in [7, 11) is 0. The lowest BCUT2D eigenvalue weighted by atomic mass is 9.86. The number of nitrogens with zero attached hydrogens (tertiary/aromatic N) is 1. The maximum Gasteiger partial charge on any atom is 0.0687 e. The third kappa shape index (κ3) is 3.38. The molecule has 1 nitrogen and oxygen atoms in total. The molecule has 16 heavy (non-hydrogen) atoms. The van der Waals surface area contributed by atoms with Crippen LogP contribution in [0.25, 0.3) is 0 Å². The van der Waals surface area contributed by atoms with Crippen molar-refractivity contribution in [2.24, 2.45) is 5.41 Å². The first-order valence-electron chi connectivity index (χ1n) is 5.98. The second-order valence-corrected chi connectivity index (χ2v) is 5.22. The van der Waals surface area contributed by atoms with Gasteiger partial charge >= 0.3 is 0 Å². The maximum atomic E-state index is 8.99. The molecular formula is C15H21N. The summed E-state index contributed by atoms with van der Waals surface area (Å²) in [5.41, 5.74) is 2.37. The first-order valence-corrected chi connectivity index (χ1v) is 5.98. The van der Waals surface area contributed by atoms with E-state index in [0.717, 1.165) is 6.42 Å². The summed E-state index contributed by atoms with van der Waals surface area (Å²) in [5, 5.41) is 8.99. The van der Waals surface area contributed by atoms with Crippen molar-refractivity contribution in [2.75, 3.05) is 0 Å². The Morgan fingerprint density at radius 1 is 1.25 bits per heavy atom. The third-order valence-electron chi connectivity index (χ3n) is 3.11. The molecule has 0 saturated carbocycles. The molecule has 0 spiro atoms. The SMILES string of the molecule is CCC(C)c1ccc(CC(C)(C)C#N)cc1. The van der Waals surface area contributed by atoms with Crippen LogP contribution in [-0.2, 0) is 6.42 Å². The van der Waals surface area contributed by atoms with E-state index in [9.17, 15) is 0 Å². The van der Waals surface area contributed by atoms with E-state index in [1.54, 1.807) is 0 Å². The molecule has 1 aromatic carbocycles. The summed E-state index contributed by atoms with van der Waals surface area (Å²) < 4.78 is 0. The Morgan fingerprint density at radius 2 is 1.81 bits per heavy atom. The highest BCUT2D eigenvalue weighted by atomic mass is 14.3. The van der Waals surface area contributed by atoms with Gasteiger partial charge in [-0.3, -0.25) is 0 Å². The zero-order valence-electron chi connectivity index (χ0n) is 10.7. The van der Waals surface area contributed by atoms with Crippen molar-refractivity contribution in [3.05, 3.63) is 35.4 Å². The van der Waals surface area contributed by atoms with Crippen molar-refractivity contribution in [2.45, 2.75) is 46.5 Å². The molecule has 0 aliphatic rings. The Hall–Kier alpha value is -1.29. The molecule has 1 heteroatoms. The molecule has 1 unspecified atom stereocenters. The molecule has 1 aromatic rings. The molecular weight excluding hydrogens is 194 g/mol. The van der Waals surface area contributed by atoms with Crippen LogP contribution in [0.15, 0.2) is 24.3 Å². The van der Waals surface area contributed by atoms with Gasteiger partial charge in [-0.2, -0.15) is 5.26 Å². The van der Waals surface area contributed by atoms with Gasteiger partial charge in [0.2, 0.25) is 0 Å². The van der Waals surface area contributed by atoms with Crippen LogP contribution < -0.4 is 0 Å². The lowest BCUT2D eigenvalue weighted by molar-refractivity contribution is 0.493. The third-order valence-corrected chi connectivity index (χ3v) is 3.11. The van der Waals surface area contributed by atoms with Crippen molar-refractivity contribution in [3.8, 4) is 6.07 Å². The summed E-state index contributed by atoms with van der Waals surface area (Å²) in [6.07, 6.45) is 1.99. The van der Waals surface area contributed by atoms with Crippen LogP contribution in [0.2, 0.25) is 0 Å². The van der Waals surface area contributed by atoms with Crippen LogP contribution >= 0.6 is 0 Å². The van der Waals surface area contributed by atoms with Crippen LogP contribution in [0, 0.1) is 16.7 Å². The number of hydrogen-bond donors (Lipinski definition) is 0. The molecule has 0 aliphatic heterocycles. The molecule has 0 radical (unpaired) electrons. The number of benzene rings is 1. The van der Waals surface area contributed by atoms with E-state index in [4.69, 9.17) is 5.26 Å². The molecule has 86 valence electrons. The summed E-state index contributed by atoms with van der Waals surface area (Å²) in [6.45, 7) is 8.41. The van der Waals surface area contributed by atoms with Crippen molar-refractivity contribution < 1.29 is 0 Å². The molecule has 0 saturated heterocycles. The summed E-state index contributed by atoms with van der Waals surface area (Å²) in [5.74, 6) is 0.623. The molecule has 0 aliphatic carbocycles. The monoisotopic (exact) mass is 215 g/mol. The van der Waals surface area contributed by atoms with Gasteiger partial charge < -0.3 is 0 Å². The standard InChI is InChI=1S/C15H21N/c1-5-12(2)14-8-6-13(7-9-14)10-15(3,4)11-16/h6-9,12H,5,10H2,1-4H3. The first kappa shape index (κ1) is 12.8. The van der Waals surface area contributed by atoms with Gasteiger partial charge in [0.25, 0.3) is 0 Å². The predicted octanol–water partition coefficient (Wildman–Crippen LogP) is 4.29. The fraction of sp³-hybridized carbons (Fsp3) is 0.533. The Balaban J connectivity index is 2.77. The van der Waals surface area contributed by atoms with Crippen LogP contribution in [0.3, 0.4) is 0 Å². The fourth-order valence-electron chi connectivity index (χ4n) is 1.75. The maximum absolute atomic E-state index is 8.99. The average Bonchev–Trinajstić information content (AvgIpc) is 2.28. The van der Waals surface area contributed by atoms with E-state index in [1.807, 2.05) is 13.8 Å². The highest BCUT2D eigenvalue weighted by Gasteiger charge is 2.17. The van der Waals surface area contributed by atoms with Gasteiger partial charge in [0.1, 0.15) is 0 Å².